The summed E-state index contributed by atoms with van der Waals surface area (Å²) in [5.41, 5.74) is 2.38. The molecule has 0 N–H and O–H groups in total. The molecule has 0 aromatic carbocycles. The molecule has 0 spiro atoms. The number of hydrogen-bond donors (Lipinski definition) is 0. The maximum atomic E-state index is 5.47. The lowest BCUT2D eigenvalue weighted by Gasteiger charge is -2.28. The van der Waals surface area contributed by atoms with E-state index >= 15 is 0 Å². The van der Waals surface area contributed by atoms with E-state index in [2.05, 4.69) is 38.8 Å². The van der Waals surface area contributed by atoms with Gasteiger partial charge in [-0.15, -0.1) is 0 Å². The van der Waals surface area contributed by atoms with Gasteiger partial charge in [0.25, 0.3) is 0 Å². The van der Waals surface area contributed by atoms with Crippen LogP contribution in [0, 0.1) is 0 Å². The lowest BCUT2D eigenvalue weighted by atomic mass is 10.1. The summed E-state index contributed by atoms with van der Waals surface area (Å²) in [7, 11) is 4.10. The Balaban J connectivity index is 1.64. The molecule has 0 unspecified atom stereocenters. The maximum absolute atomic E-state index is 5.47. The number of rotatable bonds is 3. The van der Waals surface area contributed by atoms with E-state index < -0.39 is 0 Å². The van der Waals surface area contributed by atoms with Gasteiger partial charge in [-0.25, -0.2) is 15.0 Å². The van der Waals surface area contributed by atoms with Crippen LogP contribution in [0.5, 0.6) is 0 Å². The Morgan fingerprint density at radius 2 is 1.58 bits per heavy atom. The van der Waals surface area contributed by atoms with E-state index in [1.807, 2.05) is 6.07 Å². The zero-order valence-corrected chi connectivity index (χ0v) is 15.4. The Hall–Kier alpha value is -2.48. The van der Waals surface area contributed by atoms with Crippen molar-refractivity contribution in [1.82, 2.24) is 19.9 Å². The Labute approximate surface area is 153 Å². The van der Waals surface area contributed by atoms with Crippen LogP contribution in [0.1, 0.15) is 11.3 Å². The first kappa shape index (κ1) is 17.0. The fourth-order valence-corrected chi connectivity index (χ4v) is 3.50. The monoisotopic (exact) mass is 355 g/mol. The van der Waals surface area contributed by atoms with Crippen LogP contribution >= 0.6 is 0 Å². The lowest BCUT2D eigenvalue weighted by Crippen LogP contribution is -2.38. The minimum absolute atomic E-state index is 0.733. The van der Waals surface area contributed by atoms with Crippen LogP contribution in [0.15, 0.2) is 18.5 Å². The highest BCUT2D eigenvalue weighted by Crippen LogP contribution is 2.27. The van der Waals surface area contributed by atoms with Crippen LogP contribution in [0.2, 0.25) is 0 Å². The third-order valence-electron chi connectivity index (χ3n) is 4.86. The van der Waals surface area contributed by atoms with Crippen molar-refractivity contribution in [1.29, 1.82) is 0 Å². The molecule has 0 atom stereocenters. The zero-order chi connectivity index (χ0) is 17.9. The molecular weight excluding hydrogens is 330 g/mol. The second-order valence-electron chi connectivity index (χ2n) is 6.80. The Kier molecular flexibility index (Phi) is 4.83. The number of hydrogen-bond acceptors (Lipinski definition) is 8. The number of anilines is 3. The highest BCUT2D eigenvalue weighted by atomic mass is 16.5. The molecule has 2 aliphatic rings. The molecule has 1 saturated heterocycles. The van der Waals surface area contributed by atoms with Crippen molar-refractivity contribution < 1.29 is 4.74 Å². The van der Waals surface area contributed by atoms with Crippen LogP contribution in [-0.4, -0.2) is 73.4 Å². The van der Waals surface area contributed by atoms with Gasteiger partial charge in [0.1, 0.15) is 5.82 Å². The molecule has 0 amide bonds. The average Bonchev–Trinajstić information content (AvgIpc) is 2.91. The van der Waals surface area contributed by atoms with E-state index in [1.165, 1.54) is 5.56 Å². The number of morpholine rings is 1. The van der Waals surface area contributed by atoms with Gasteiger partial charge in [-0.2, -0.15) is 4.98 Å². The molecule has 8 heteroatoms. The van der Waals surface area contributed by atoms with Gasteiger partial charge in [0, 0.05) is 64.7 Å². The molecule has 2 aliphatic heterocycles. The topological polar surface area (TPSA) is 70.5 Å². The molecule has 0 radical (unpaired) electrons. The summed E-state index contributed by atoms with van der Waals surface area (Å²) < 4.78 is 5.47. The highest BCUT2D eigenvalue weighted by Gasteiger charge is 2.24. The number of aromatic nitrogens is 4. The third kappa shape index (κ3) is 3.41. The van der Waals surface area contributed by atoms with Crippen molar-refractivity contribution in [2.45, 2.75) is 12.8 Å². The molecule has 4 heterocycles. The predicted molar refractivity (Wildman–Crippen MR) is 101 cm³/mol. The summed E-state index contributed by atoms with van der Waals surface area (Å²) in [5, 5.41) is 0. The third-order valence-corrected chi connectivity index (χ3v) is 4.86. The lowest BCUT2D eigenvalue weighted by molar-refractivity contribution is 0.122. The summed E-state index contributed by atoms with van der Waals surface area (Å²) in [4.78, 5) is 25.2. The fourth-order valence-electron chi connectivity index (χ4n) is 3.50. The van der Waals surface area contributed by atoms with Crippen molar-refractivity contribution in [3.05, 3.63) is 29.7 Å². The summed E-state index contributed by atoms with van der Waals surface area (Å²) in [6, 6.07) is 1.85. The minimum atomic E-state index is 0.733. The zero-order valence-electron chi connectivity index (χ0n) is 15.4. The van der Waals surface area contributed by atoms with E-state index in [9.17, 15) is 0 Å². The largest absolute Gasteiger partial charge is 0.378 e. The number of nitrogens with zero attached hydrogens (tertiary/aromatic N) is 7. The summed E-state index contributed by atoms with van der Waals surface area (Å²) >= 11 is 0. The van der Waals surface area contributed by atoms with E-state index in [-0.39, 0.29) is 0 Å². The molecule has 0 bridgehead atoms. The molecule has 0 aliphatic carbocycles. The Bertz CT molecular complexity index is 747. The second-order valence-corrected chi connectivity index (χ2v) is 6.80. The van der Waals surface area contributed by atoms with Crippen LogP contribution in [0.4, 0.5) is 17.7 Å². The number of ether oxygens (including phenoxy) is 1. The summed E-state index contributed by atoms with van der Waals surface area (Å²) in [6.45, 7) is 4.89. The predicted octanol–water partition coefficient (Wildman–Crippen LogP) is 0.774. The molecule has 8 nitrogen and oxygen atoms in total. The van der Waals surface area contributed by atoms with Crippen LogP contribution in [-0.2, 0) is 17.6 Å². The van der Waals surface area contributed by atoms with Gasteiger partial charge in [-0.1, -0.05) is 0 Å². The number of fused-ring (bicyclic) bond motifs is 1. The van der Waals surface area contributed by atoms with Gasteiger partial charge in [-0.05, 0) is 12.5 Å². The van der Waals surface area contributed by atoms with E-state index in [1.54, 1.807) is 12.4 Å². The molecule has 1 fully saturated rings. The van der Waals surface area contributed by atoms with Gasteiger partial charge < -0.3 is 19.4 Å². The minimum Gasteiger partial charge on any atom is -0.378 e. The van der Waals surface area contributed by atoms with Crippen molar-refractivity contribution in [2.75, 3.05) is 68.2 Å². The van der Waals surface area contributed by atoms with Gasteiger partial charge in [-0.3, -0.25) is 0 Å². The summed E-state index contributed by atoms with van der Waals surface area (Å²) in [6.07, 6.45) is 5.35. The quantitative estimate of drug-likeness (QED) is 0.800. The van der Waals surface area contributed by atoms with Crippen molar-refractivity contribution in [3.63, 3.8) is 0 Å². The van der Waals surface area contributed by atoms with Gasteiger partial charge in [0.05, 0.1) is 18.9 Å². The Morgan fingerprint density at radius 1 is 0.885 bits per heavy atom. The van der Waals surface area contributed by atoms with E-state index in [0.29, 0.717) is 0 Å². The van der Waals surface area contributed by atoms with Crippen molar-refractivity contribution in [2.24, 2.45) is 0 Å². The van der Waals surface area contributed by atoms with E-state index in [0.717, 1.165) is 75.6 Å². The smallest absolute Gasteiger partial charge is 0.227 e. The highest BCUT2D eigenvalue weighted by molar-refractivity contribution is 5.54. The standard InChI is InChI=1S/C18H25N7O/c1-23(2)16-14-4-8-24(17-19-6-3-7-20-17)9-5-15(14)21-18(22-16)25-10-12-26-13-11-25/h3,6-7H,4-5,8-13H2,1-2H3. The molecule has 2 aromatic rings. The van der Waals surface area contributed by atoms with Crippen LogP contribution in [0.3, 0.4) is 0 Å². The Morgan fingerprint density at radius 3 is 2.31 bits per heavy atom. The van der Waals surface area contributed by atoms with Gasteiger partial charge in [0.15, 0.2) is 0 Å². The molecule has 0 saturated carbocycles. The molecular formula is C18H25N7O. The van der Waals surface area contributed by atoms with Crippen molar-refractivity contribution in [3.8, 4) is 0 Å². The first-order valence-electron chi connectivity index (χ1n) is 9.14. The van der Waals surface area contributed by atoms with E-state index in [4.69, 9.17) is 14.7 Å². The molecule has 138 valence electrons. The fraction of sp³-hybridized carbons (Fsp3) is 0.556. The van der Waals surface area contributed by atoms with Gasteiger partial charge >= 0.3 is 0 Å². The molecule has 4 rings (SSSR count). The SMILES string of the molecule is CN(C)c1nc(N2CCOCC2)nc2c1CCN(c1ncccn1)CC2. The average molecular weight is 355 g/mol. The van der Waals surface area contributed by atoms with Crippen molar-refractivity contribution >= 4 is 17.7 Å². The molecule has 2 aromatic heterocycles. The normalized spacial score (nSPS) is 17.6. The first-order valence-corrected chi connectivity index (χ1v) is 9.14. The summed E-state index contributed by atoms with van der Waals surface area (Å²) in [5.74, 6) is 2.63. The maximum Gasteiger partial charge on any atom is 0.227 e. The first-order chi connectivity index (χ1) is 12.7. The van der Waals surface area contributed by atoms with Gasteiger partial charge in [0.2, 0.25) is 11.9 Å². The molecule has 26 heavy (non-hydrogen) atoms. The van der Waals surface area contributed by atoms with Crippen LogP contribution < -0.4 is 14.7 Å². The second kappa shape index (κ2) is 7.41. The van der Waals surface area contributed by atoms with Crippen LogP contribution in [0.25, 0.3) is 0 Å².